The molecule has 0 aromatic carbocycles. The number of hydrogen-bond acceptors (Lipinski definition) is 9. The lowest BCUT2D eigenvalue weighted by atomic mass is 10.1. The van der Waals surface area contributed by atoms with Crippen LogP contribution in [-0.4, -0.2) is 88.6 Å². The highest BCUT2D eigenvalue weighted by molar-refractivity contribution is 7.98. The minimum atomic E-state index is -1.39. The van der Waals surface area contributed by atoms with Gasteiger partial charge in [0.15, 0.2) is 0 Å². The number of unbranched alkanes of at least 4 members (excludes halogenated alkanes) is 1. The number of hydrogen-bond donors (Lipinski definition) is 8. The smallest absolute Gasteiger partial charge is 0.326 e. The minimum absolute atomic E-state index is 0.153. The van der Waals surface area contributed by atoms with Gasteiger partial charge >= 0.3 is 5.97 Å². The molecule has 0 rings (SSSR count). The summed E-state index contributed by atoms with van der Waals surface area (Å²) in [4.78, 5) is 60.3. The zero-order chi connectivity index (χ0) is 26.3. The third-order valence-corrected chi connectivity index (χ3v) is 5.55. The maximum atomic E-state index is 12.8. The van der Waals surface area contributed by atoms with Crippen molar-refractivity contribution in [2.45, 2.75) is 75.7 Å². The Labute approximate surface area is 203 Å². The summed E-state index contributed by atoms with van der Waals surface area (Å²) in [5.41, 5.74) is 16.3. The van der Waals surface area contributed by atoms with E-state index in [1.54, 1.807) is 6.26 Å². The maximum absolute atomic E-state index is 12.8. The van der Waals surface area contributed by atoms with Gasteiger partial charge in [0.25, 0.3) is 0 Å². The monoisotopic (exact) mass is 506 g/mol. The Balaban J connectivity index is 5.31. The summed E-state index contributed by atoms with van der Waals surface area (Å²) in [5, 5.41) is 26.5. The first kappa shape index (κ1) is 31.6. The van der Waals surface area contributed by atoms with E-state index in [0.29, 0.717) is 31.6 Å². The molecule has 34 heavy (non-hydrogen) atoms. The van der Waals surface area contributed by atoms with E-state index in [9.17, 15) is 34.2 Å². The Morgan fingerprint density at radius 1 is 0.912 bits per heavy atom. The lowest BCUT2D eigenvalue weighted by Gasteiger charge is -2.26. The quantitative estimate of drug-likeness (QED) is 0.0900. The second-order valence-corrected chi connectivity index (χ2v) is 8.85. The van der Waals surface area contributed by atoms with E-state index in [-0.39, 0.29) is 19.3 Å². The van der Waals surface area contributed by atoms with Gasteiger partial charge in [0.1, 0.15) is 18.1 Å². The molecule has 0 bridgehead atoms. The third kappa shape index (κ3) is 12.7. The fourth-order valence-corrected chi connectivity index (χ4v) is 3.36. The molecule has 196 valence electrons. The van der Waals surface area contributed by atoms with Crippen molar-refractivity contribution in [3.05, 3.63) is 0 Å². The second-order valence-electron chi connectivity index (χ2n) is 7.86. The Bertz CT molecular complexity index is 694. The SMILES string of the molecule is CSCCC(NC(=O)C(NC(=O)C(N)CCCCN)C(C)O)C(=O)NC(CCC(N)=O)C(=O)O. The predicted octanol–water partition coefficient (Wildman–Crippen LogP) is -2.62. The molecule has 14 heteroatoms. The molecule has 5 atom stereocenters. The van der Waals surface area contributed by atoms with Gasteiger partial charge in [-0.1, -0.05) is 6.42 Å². The minimum Gasteiger partial charge on any atom is -0.480 e. The van der Waals surface area contributed by atoms with Crippen molar-refractivity contribution in [1.29, 1.82) is 0 Å². The normalized spacial score (nSPS) is 15.3. The van der Waals surface area contributed by atoms with Crippen molar-refractivity contribution in [1.82, 2.24) is 16.0 Å². The Morgan fingerprint density at radius 2 is 1.53 bits per heavy atom. The molecule has 0 aromatic rings. The van der Waals surface area contributed by atoms with Crippen LogP contribution in [0.5, 0.6) is 0 Å². The van der Waals surface area contributed by atoms with Gasteiger partial charge in [-0.15, -0.1) is 0 Å². The van der Waals surface area contributed by atoms with Crippen LogP contribution < -0.4 is 33.2 Å². The van der Waals surface area contributed by atoms with Gasteiger partial charge in [-0.05, 0) is 51.2 Å². The molecular weight excluding hydrogens is 468 g/mol. The number of nitrogens with two attached hydrogens (primary N) is 3. The first-order chi connectivity index (χ1) is 15.9. The highest BCUT2D eigenvalue weighted by atomic mass is 32.2. The number of nitrogens with one attached hydrogen (secondary N) is 3. The van der Waals surface area contributed by atoms with Crippen molar-refractivity contribution in [3.63, 3.8) is 0 Å². The predicted molar refractivity (Wildman–Crippen MR) is 127 cm³/mol. The van der Waals surface area contributed by atoms with Gasteiger partial charge in [0, 0.05) is 6.42 Å². The Hall–Kier alpha value is -2.42. The number of carbonyl (C=O) groups is 5. The molecule has 0 aliphatic rings. The van der Waals surface area contributed by atoms with Crippen LogP contribution in [0.25, 0.3) is 0 Å². The zero-order valence-corrected chi connectivity index (χ0v) is 20.4. The number of rotatable bonds is 18. The highest BCUT2D eigenvalue weighted by Crippen LogP contribution is 2.06. The van der Waals surface area contributed by atoms with Crippen LogP contribution in [0.4, 0.5) is 0 Å². The van der Waals surface area contributed by atoms with Gasteiger partial charge in [-0.2, -0.15) is 11.8 Å². The number of aliphatic hydroxyl groups excluding tert-OH is 1. The lowest BCUT2D eigenvalue weighted by Crippen LogP contribution is -2.59. The van der Waals surface area contributed by atoms with E-state index in [0.717, 1.165) is 0 Å². The summed E-state index contributed by atoms with van der Waals surface area (Å²) in [5.74, 6) is -3.88. The summed E-state index contributed by atoms with van der Waals surface area (Å²) in [6, 6.07) is -4.82. The van der Waals surface area contributed by atoms with E-state index in [4.69, 9.17) is 17.2 Å². The van der Waals surface area contributed by atoms with Gasteiger partial charge in [-0.25, -0.2) is 4.79 Å². The number of primary amides is 1. The van der Waals surface area contributed by atoms with Gasteiger partial charge in [0.2, 0.25) is 23.6 Å². The first-order valence-corrected chi connectivity index (χ1v) is 12.4. The second kappa shape index (κ2) is 17.1. The van der Waals surface area contributed by atoms with E-state index < -0.39 is 59.9 Å². The van der Waals surface area contributed by atoms with Crippen LogP contribution in [0.2, 0.25) is 0 Å². The number of amides is 4. The average molecular weight is 507 g/mol. The molecule has 0 aliphatic heterocycles. The van der Waals surface area contributed by atoms with Crippen LogP contribution in [0.15, 0.2) is 0 Å². The fraction of sp³-hybridized carbons (Fsp3) is 0.750. The number of carboxylic acids is 1. The van der Waals surface area contributed by atoms with E-state index in [1.165, 1.54) is 18.7 Å². The van der Waals surface area contributed by atoms with E-state index in [2.05, 4.69) is 16.0 Å². The van der Waals surface area contributed by atoms with Crippen molar-refractivity contribution in [2.24, 2.45) is 17.2 Å². The molecule has 0 radical (unpaired) electrons. The molecule has 0 aliphatic carbocycles. The number of aliphatic hydroxyl groups is 1. The summed E-state index contributed by atoms with van der Waals surface area (Å²) in [6.45, 7) is 1.75. The van der Waals surface area contributed by atoms with E-state index >= 15 is 0 Å². The fourth-order valence-electron chi connectivity index (χ4n) is 2.89. The molecule has 4 amide bonds. The standard InChI is InChI=1S/C20H38N6O7S/c1-11(27)16(26-17(29)12(22)5-3-4-9-21)19(31)24-13(8-10-34-2)18(30)25-14(20(32)33)6-7-15(23)28/h11-14,16,27H,3-10,21-22H2,1-2H3,(H2,23,28)(H,24,31)(H,25,30)(H,26,29)(H,32,33). The van der Waals surface area contributed by atoms with Crippen LogP contribution in [-0.2, 0) is 24.0 Å². The number of carboxylic acid groups (broad SMARTS) is 1. The number of thioether (sulfide) groups is 1. The number of carbonyl (C=O) groups excluding carboxylic acids is 4. The molecule has 5 unspecified atom stereocenters. The van der Waals surface area contributed by atoms with Crippen LogP contribution >= 0.6 is 11.8 Å². The van der Waals surface area contributed by atoms with Crippen LogP contribution in [0, 0.1) is 0 Å². The molecule has 0 spiro atoms. The molecule has 0 fully saturated rings. The molecule has 11 N–H and O–H groups in total. The average Bonchev–Trinajstić information content (AvgIpc) is 2.76. The summed E-state index contributed by atoms with van der Waals surface area (Å²) >= 11 is 1.40. The Morgan fingerprint density at radius 3 is 2.03 bits per heavy atom. The topological polar surface area (TPSA) is 240 Å². The maximum Gasteiger partial charge on any atom is 0.326 e. The van der Waals surface area contributed by atoms with Crippen LogP contribution in [0.1, 0.15) is 45.4 Å². The van der Waals surface area contributed by atoms with E-state index in [1.807, 2.05) is 0 Å². The molecule has 0 saturated heterocycles. The van der Waals surface area contributed by atoms with Crippen molar-refractivity contribution >= 4 is 41.4 Å². The molecular formula is C20H38N6O7S. The molecule has 0 saturated carbocycles. The summed E-state index contributed by atoms with van der Waals surface area (Å²) in [6.07, 6.45) is 1.83. The Kier molecular flexibility index (Phi) is 15.9. The van der Waals surface area contributed by atoms with Crippen molar-refractivity contribution in [2.75, 3.05) is 18.6 Å². The van der Waals surface area contributed by atoms with Gasteiger partial charge < -0.3 is 43.4 Å². The van der Waals surface area contributed by atoms with Crippen LogP contribution in [0.3, 0.4) is 0 Å². The summed E-state index contributed by atoms with van der Waals surface area (Å²) < 4.78 is 0. The van der Waals surface area contributed by atoms with Crippen molar-refractivity contribution in [3.8, 4) is 0 Å². The largest absolute Gasteiger partial charge is 0.480 e. The van der Waals surface area contributed by atoms with Gasteiger partial charge in [-0.3, -0.25) is 19.2 Å². The van der Waals surface area contributed by atoms with Gasteiger partial charge in [0.05, 0.1) is 12.1 Å². The highest BCUT2D eigenvalue weighted by Gasteiger charge is 2.32. The summed E-state index contributed by atoms with van der Waals surface area (Å²) in [7, 11) is 0. The zero-order valence-electron chi connectivity index (χ0n) is 19.6. The van der Waals surface area contributed by atoms with Crippen molar-refractivity contribution < 1.29 is 34.2 Å². The third-order valence-electron chi connectivity index (χ3n) is 4.91. The first-order valence-electron chi connectivity index (χ1n) is 11.0. The molecule has 13 nitrogen and oxygen atoms in total. The molecule has 0 aromatic heterocycles. The molecule has 0 heterocycles. The number of aliphatic carboxylic acids is 1. The lowest BCUT2D eigenvalue weighted by molar-refractivity contribution is -0.142.